The molecule has 1 aliphatic carbocycles. The summed E-state index contributed by atoms with van der Waals surface area (Å²) in [5.41, 5.74) is 6.58. The average molecular weight is 405 g/mol. The van der Waals surface area contributed by atoms with Gasteiger partial charge in [0.25, 0.3) is 5.91 Å². The van der Waals surface area contributed by atoms with Crippen LogP contribution in [-0.2, 0) is 0 Å². The van der Waals surface area contributed by atoms with Gasteiger partial charge in [-0.15, -0.1) is 23.7 Å². The van der Waals surface area contributed by atoms with Crippen molar-refractivity contribution in [2.45, 2.75) is 18.9 Å². The minimum atomic E-state index is -0.0649. The Kier molecular flexibility index (Phi) is 5.92. The molecule has 1 amide bonds. The van der Waals surface area contributed by atoms with Crippen LogP contribution >= 0.6 is 55.6 Å². The lowest BCUT2D eigenvalue weighted by atomic mass is 10.2. The molecule has 0 spiro atoms. The third kappa shape index (κ3) is 4.21. The van der Waals surface area contributed by atoms with Gasteiger partial charge in [0.2, 0.25) is 0 Å². The van der Waals surface area contributed by atoms with E-state index >= 15 is 0 Å². The molecule has 1 aliphatic rings. The van der Waals surface area contributed by atoms with Gasteiger partial charge in [-0.05, 0) is 56.7 Å². The SMILES string of the molecule is Cl.NC(CNC(=O)c1cc(Br)sc1Br)C1CC1. The molecule has 17 heavy (non-hydrogen) atoms. The summed E-state index contributed by atoms with van der Waals surface area (Å²) in [4.78, 5) is 11.8. The minimum absolute atomic E-state index is 0. The number of carbonyl (C=O) groups is 1. The summed E-state index contributed by atoms with van der Waals surface area (Å²) in [6.07, 6.45) is 2.40. The molecule has 1 unspecified atom stereocenters. The van der Waals surface area contributed by atoms with Crippen molar-refractivity contribution in [2.75, 3.05) is 6.54 Å². The van der Waals surface area contributed by atoms with Crippen molar-refractivity contribution < 1.29 is 4.79 Å². The topological polar surface area (TPSA) is 55.1 Å². The van der Waals surface area contributed by atoms with E-state index in [-0.39, 0.29) is 24.4 Å². The second kappa shape index (κ2) is 6.52. The number of rotatable bonds is 4. The second-order valence-corrected chi connectivity index (χ2v) is 7.70. The monoisotopic (exact) mass is 402 g/mol. The highest BCUT2D eigenvalue weighted by Gasteiger charge is 2.28. The van der Waals surface area contributed by atoms with Gasteiger partial charge in [-0.1, -0.05) is 0 Å². The lowest BCUT2D eigenvalue weighted by molar-refractivity contribution is 0.0950. The van der Waals surface area contributed by atoms with Gasteiger partial charge in [-0.25, -0.2) is 0 Å². The lowest BCUT2D eigenvalue weighted by Crippen LogP contribution is -2.38. The summed E-state index contributed by atoms with van der Waals surface area (Å²) in [5.74, 6) is 0.544. The number of hydrogen-bond donors (Lipinski definition) is 2. The molecule has 96 valence electrons. The van der Waals surface area contributed by atoms with Gasteiger partial charge in [0.05, 0.1) is 13.1 Å². The minimum Gasteiger partial charge on any atom is -0.350 e. The summed E-state index contributed by atoms with van der Waals surface area (Å²) in [6.45, 7) is 0.559. The first-order chi connectivity index (χ1) is 7.58. The highest BCUT2D eigenvalue weighted by Crippen LogP contribution is 2.32. The van der Waals surface area contributed by atoms with Gasteiger partial charge in [0.1, 0.15) is 0 Å². The molecule has 2 rings (SSSR count). The van der Waals surface area contributed by atoms with Crippen molar-refractivity contribution in [3.8, 4) is 0 Å². The standard InChI is InChI=1S/C10H12Br2N2OS.ClH/c11-8-3-6(9(12)16-8)10(15)14-4-7(13)5-1-2-5;/h3,5,7H,1-2,4,13H2,(H,14,15);1H. The number of nitrogens with two attached hydrogens (primary N) is 1. The van der Waals surface area contributed by atoms with Crippen molar-refractivity contribution in [3.05, 3.63) is 19.2 Å². The molecule has 1 heterocycles. The molecule has 1 saturated carbocycles. The smallest absolute Gasteiger partial charge is 0.253 e. The van der Waals surface area contributed by atoms with Gasteiger partial charge in [0.15, 0.2) is 0 Å². The van der Waals surface area contributed by atoms with Crippen molar-refractivity contribution in [1.82, 2.24) is 5.32 Å². The first-order valence-corrected chi connectivity index (χ1v) is 7.47. The van der Waals surface area contributed by atoms with E-state index in [0.717, 1.165) is 7.57 Å². The molecule has 1 aromatic heterocycles. The first kappa shape index (κ1) is 15.4. The third-order valence-corrected chi connectivity index (χ3v) is 4.97. The normalized spacial score (nSPS) is 16.2. The summed E-state index contributed by atoms with van der Waals surface area (Å²) < 4.78 is 1.79. The quantitative estimate of drug-likeness (QED) is 0.810. The van der Waals surface area contributed by atoms with E-state index in [2.05, 4.69) is 37.2 Å². The molecule has 3 N–H and O–H groups in total. The fourth-order valence-electron chi connectivity index (χ4n) is 1.49. The zero-order chi connectivity index (χ0) is 11.7. The van der Waals surface area contributed by atoms with Crippen LogP contribution in [0.3, 0.4) is 0 Å². The molecule has 0 aromatic carbocycles. The van der Waals surface area contributed by atoms with Crippen LogP contribution in [-0.4, -0.2) is 18.5 Å². The molecule has 0 bridgehead atoms. The van der Waals surface area contributed by atoms with Crippen molar-refractivity contribution in [1.29, 1.82) is 0 Å². The fraction of sp³-hybridized carbons (Fsp3) is 0.500. The molecule has 0 saturated heterocycles. The van der Waals surface area contributed by atoms with Crippen LogP contribution in [0.1, 0.15) is 23.2 Å². The van der Waals surface area contributed by atoms with Crippen LogP contribution < -0.4 is 11.1 Å². The molecule has 7 heteroatoms. The highest BCUT2D eigenvalue weighted by atomic mass is 79.9. The Balaban J connectivity index is 0.00000144. The van der Waals surface area contributed by atoms with Crippen LogP contribution in [0, 0.1) is 5.92 Å². The van der Waals surface area contributed by atoms with Crippen molar-refractivity contribution >= 4 is 61.5 Å². The Morgan fingerprint density at radius 2 is 2.24 bits per heavy atom. The van der Waals surface area contributed by atoms with E-state index in [1.807, 2.05) is 6.07 Å². The predicted octanol–water partition coefficient (Wildman–Crippen LogP) is 3.16. The molecule has 1 aromatic rings. The zero-order valence-corrected chi connectivity index (χ0v) is 13.7. The number of thiophene rings is 1. The van der Waals surface area contributed by atoms with E-state index in [1.54, 1.807) is 0 Å². The van der Waals surface area contributed by atoms with Crippen LogP contribution in [0.4, 0.5) is 0 Å². The van der Waals surface area contributed by atoms with Gasteiger partial charge in [-0.2, -0.15) is 0 Å². The van der Waals surface area contributed by atoms with Crippen LogP contribution in [0.5, 0.6) is 0 Å². The Hall–Kier alpha value is 0.380. The summed E-state index contributed by atoms with van der Waals surface area (Å²) >= 11 is 8.20. The number of amides is 1. The van der Waals surface area contributed by atoms with Crippen molar-refractivity contribution in [2.24, 2.45) is 11.7 Å². The van der Waals surface area contributed by atoms with Crippen molar-refractivity contribution in [3.63, 3.8) is 0 Å². The maximum Gasteiger partial charge on any atom is 0.253 e. The first-order valence-electron chi connectivity index (χ1n) is 5.06. The van der Waals surface area contributed by atoms with E-state index in [4.69, 9.17) is 5.73 Å². The molecule has 1 atom stereocenters. The number of hydrogen-bond acceptors (Lipinski definition) is 3. The lowest BCUT2D eigenvalue weighted by Gasteiger charge is -2.10. The number of halogens is 3. The molecule has 0 radical (unpaired) electrons. The van der Waals surface area contributed by atoms with E-state index in [1.165, 1.54) is 24.2 Å². The predicted molar refractivity (Wildman–Crippen MR) is 80.0 cm³/mol. The second-order valence-electron chi connectivity index (χ2n) is 3.95. The van der Waals surface area contributed by atoms with Crippen LogP contribution in [0.15, 0.2) is 13.6 Å². The van der Waals surface area contributed by atoms with Crippen LogP contribution in [0.25, 0.3) is 0 Å². The maximum atomic E-state index is 11.8. The van der Waals surface area contributed by atoms with Gasteiger partial charge in [-0.3, -0.25) is 4.79 Å². The number of nitrogens with one attached hydrogen (secondary N) is 1. The zero-order valence-electron chi connectivity index (χ0n) is 8.91. The Morgan fingerprint density at radius 1 is 1.59 bits per heavy atom. The van der Waals surface area contributed by atoms with E-state index < -0.39 is 0 Å². The van der Waals surface area contributed by atoms with Crippen LogP contribution in [0.2, 0.25) is 0 Å². The van der Waals surface area contributed by atoms with E-state index in [0.29, 0.717) is 18.0 Å². The molecular formula is C10H13Br2ClN2OS. The largest absolute Gasteiger partial charge is 0.350 e. The molecule has 3 nitrogen and oxygen atoms in total. The van der Waals surface area contributed by atoms with Gasteiger partial charge >= 0.3 is 0 Å². The number of carbonyl (C=O) groups excluding carboxylic acids is 1. The average Bonchev–Trinajstić information content (AvgIpc) is 3.01. The fourth-order valence-corrected chi connectivity index (χ4v) is 4.29. The summed E-state index contributed by atoms with van der Waals surface area (Å²) in [7, 11) is 0. The van der Waals surface area contributed by atoms with E-state index in [9.17, 15) is 4.79 Å². The van der Waals surface area contributed by atoms with Gasteiger partial charge < -0.3 is 11.1 Å². The summed E-state index contributed by atoms with van der Waals surface area (Å²) in [6, 6.07) is 1.91. The van der Waals surface area contributed by atoms with Gasteiger partial charge in [0, 0.05) is 12.6 Å². The molecule has 1 fully saturated rings. The Morgan fingerprint density at radius 3 is 2.71 bits per heavy atom. The Bertz CT molecular complexity index is 409. The molecular weight excluding hydrogens is 391 g/mol. The maximum absolute atomic E-state index is 11.8. The Labute approximate surface area is 127 Å². The summed E-state index contributed by atoms with van der Waals surface area (Å²) in [5, 5.41) is 2.87. The highest BCUT2D eigenvalue weighted by molar-refractivity contribution is 9.12. The third-order valence-electron chi connectivity index (χ3n) is 2.63. The molecule has 0 aliphatic heterocycles.